The molecule has 0 radical (unpaired) electrons. The second kappa shape index (κ2) is 6.13. The fourth-order valence-electron chi connectivity index (χ4n) is 1.67. The van der Waals surface area contributed by atoms with Gasteiger partial charge < -0.3 is 10.7 Å². The number of hydrazine groups is 1. The van der Waals surface area contributed by atoms with E-state index < -0.39 is 0 Å². The lowest BCUT2D eigenvalue weighted by molar-refractivity contribution is 0.102. The van der Waals surface area contributed by atoms with Crippen LogP contribution in [0.1, 0.15) is 15.9 Å². The number of carbonyl (C=O) groups excluding carboxylic acids is 1. The summed E-state index contributed by atoms with van der Waals surface area (Å²) in [6, 6.07) is 10.2. The van der Waals surface area contributed by atoms with Crippen LogP contribution in [0.5, 0.6) is 0 Å². The van der Waals surface area contributed by atoms with E-state index in [1.807, 2.05) is 6.92 Å². The monoisotopic (exact) mass is 309 g/mol. The van der Waals surface area contributed by atoms with E-state index >= 15 is 0 Å². The zero-order chi connectivity index (χ0) is 14.7. The van der Waals surface area contributed by atoms with Gasteiger partial charge in [-0.25, -0.2) is 0 Å². The molecule has 104 valence electrons. The second-order valence-corrected chi connectivity index (χ2v) is 5.01. The summed E-state index contributed by atoms with van der Waals surface area (Å²) < 4.78 is 0. The van der Waals surface area contributed by atoms with Gasteiger partial charge in [0.25, 0.3) is 5.91 Å². The molecule has 0 unspecified atom stereocenters. The molecule has 0 heterocycles. The molecule has 2 rings (SSSR count). The average molecular weight is 310 g/mol. The van der Waals surface area contributed by atoms with Crippen molar-refractivity contribution in [1.82, 2.24) is 0 Å². The van der Waals surface area contributed by atoms with E-state index in [9.17, 15) is 4.79 Å². The minimum atomic E-state index is -0.289. The third-order valence-corrected chi connectivity index (χ3v) is 3.64. The maximum Gasteiger partial charge on any atom is 0.255 e. The van der Waals surface area contributed by atoms with Crippen LogP contribution in [-0.4, -0.2) is 5.91 Å². The van der Waals surface area contributed by atoms with Gasteiger partial charge in [0, 0.05) is 11.3 Å². The van der Waals surface area contributed by atoms with Crippen molar-refractivity contribution in [2.75, 3.05) is 10.7 Å². The van der Waals surface area contributed by atoms with Crippen molar-refractivity contribution in [3.63, 3.8) is 0 Å². The smallest absolute Gasteiger partial charge is 0.255 e. The molecule has 0 bridgehead atoms. The number of anilines is 2. The molecule has 4 N–H and O–H groups in total. The number of amides is 1. The minimum absolute atomic E-state index is 0.289. The van der Waals surface area contributed by atoms with Gasteiger partial charge in [-0.15, -0.1) is 0 Å². The van der Waals surface area contributed by atoms with Gasteiger partial charge in [0.2, 0.25) is 0 Å². The summed E-state index contributed by atoms with van der Waals surface area (Å²) in [4.78, 5) is 12.1. The molecule has 0 aliphatic heterocycles. The zero-order valence-electron chi connectivity index (χ0n) is 10.7. The number of benzene rings is 2. The van der Waals surface area contributed by atoms with Gasteiger partial charge >= 0.3 is 0 Å². The molecule has 0 aliphatic rings. The van der Waals surface area contributed by atoms with Crippen LogP contribution in [0.15, 0.2) is 36.4 Å². The number of aryl methyl sites for hydroxylation is 1. The molecule has 0 aromatic heterocycles. The van der Waals surface area contributed by atoms with Gasteiger partial charge in [0.05, 0.1) is 15.7 Å². The van der Waals surface area contributed by atoms with Crippen molar-refractivity contribution in [2.24, 2.45) is 5.84 Å². The Morgan fingerprint density at radius 3 is 2.35 bits per heavy atom. The van der Waals surface area contributed by atoms with Crippen molar-refractivity contribution < 1.29 is 4.79 Å². The van der Waals surface area contributed by atoms with Gasteiger partial charge in [-0.05, 0) is 42.8 Å². The molecule has 0 saturated heterocycles. The van der Waals surface area contributed by atoms with Crippen molar-refractivity contribution in [1.29, 1.82) is 0 Å². The standard InChI is InChI=1S/C14H13Cl2N3O/c1-8-2-7-11(15)13(12(8)16)18-14(20)9-3-5-10(19-17)6-4-9/h2-7,19H,17H2,1H3,(H,18,20). The lowest BCUT2D eigenvalue weighted by Gasteiger charge is -2.11. The highest BCUT2D eigenvalue weighted by atomic mass is 35.5. The van der Waals surface area contributed by atoms with Crippen LogP contribution in [0.25, 0.3) is 0 Å². The Balaban J connectivity index is 2.25. The summed E-state index contributed by atoms with van der Waals surface area (Å²) in [6.07, 6.45) is 0. The molecular weight excluding hydrogens is 297 g/mol. The first-order valence-corrected chi connectivity index (χ1v) is 6.61. The van der Waals surface area contributed by atoms with E-state index in [0.717, 1.165) is 5.56 Å². The van der Waals surface area contributed by atoms with Gasteiger partial charge in [0.1, 0.15) is 0 Å². The molecule has 0 saturated carbocycles. The van der Waals surface area contributed by atoms with Gasteiger partial charge in [-0.3, -0.25) is 10.6 Å². The van der Waals surface area contributed by atoms with E-state index in [2.05, 4.69) is 10.7 Å². The Bertz CT molecular complexity index is 642. The summed E-state index contributed by atoms with van der Waals surface area (Å²) in [5.41, 5.74) is 4.95. The Kier molecular flexibility index (Phi) is 4.49. The van der Waals surface area contributed by atoms with E-state index in [1.54, 1.807) is 36.4 Å². The van der Waals surface area contributed by atoms with Crippen molar-refractivity contribution in [3.05, 3.63) is 57.6 Å². The lowest BCUT2D eigenvalue weighted by atomic mass is 10.1. The van der Waals surface area contributed by atoms with Crippen LogP contribution in [0.2, 0.25) is 10.0 Å². The molecule has 20 heavy (non-hydrogen) atoms. The van der Waals surface area contributed by atoms with Gasteiger partial charge in [-0.2, -0.15) is 0 Å². The minimum Gasteiger partial charge on any atom is -0.324 e. The van der Waals surface area contributed by atoms with E-state index in [-0.39, 0.29) is 5.91 Å². The molecule has 0 spiro atoms. The SMILES string of the molecule is Cc1ccc(Cl)c(NC(=O)c2ccc(NN)cc2)c1Cl. The molecule has 0 fully saturated rings. The predicted molar refractivity (Wildman–Crippen MR) is 83.4 cm³/mol. The molecule has 4 nitrogen and oxygen atoms in total. The molecular formula is C14H13Cl2N3O. The van der Waals surface area contributed by atoms with E-state index in [4.69, 9.17) is 29.0 Å². The molecule has 2 aromatic rings. The molecule has 2 aromatic carbocycles. The maximum atomic E-state index is 12.1. The van der Waals surface area contributed by atoms with E-state index in [0.29, 0.717) is 27.0 Å². The first-order valence-electron chi connectivity index (χ1n) is 5.85. The highest BCUT2D eigenvalue weighted by molar-refractivity contribution is 6.40. The number of nitrogens with one attached hydrogen (secondary N) is 2. The van der Waals surface area contributed by atoms with E-state index in [1.165, 1.54) is 0 Å². The number of carbonyl (C=O) groups is 1. The first-order chi connectivity index (χ1) is 9.52. The molecule has 6 heteroatoms. The third-order valence-electron chi connectivity index (χ3n) is 2.84. The molecule has 1 amide bonds. The summed E-state index contributed by atoms with van der Waals surface area (Å²) in [5.74, 6) is 4.98. The fraction of sp³-hybridized carbons (Fsp3) is 0.0714. The summed E-state index contributed by atoms with van der Waals surface area (Å²) in [7, 11) is 0. The third kappa shape index (κ3) is 3.04. The van der Waals surface area contributed by atoms with Crippen molar-refractivity contribution in [3.8, 4) is 0 Å². The average Bonchev–Trinajstić information content (AvgIpc) is 2.47. The van der Waals surface area contributed by atoms with Crippen molar-refractivity contribution >= 4 is 40.5 Å². The van der Waals surface area contributed by atoms with Gasteiger partial charge in [0.15, 0.2) is 0 Å². The quantitative estimate of drug-likeness (QED) is 0.596. The van der Waals surface area contributed by atoms with Crippen LogP contribution in [0.3, 0.4) is 0 Å². The van der Waals surface area contributed by atoms with Crippen LogP contribution >= 0.6 is 23.2 Å². The molecule has 0 atom stereocenters. The topological polar surface area (TPSA) is 67.2 Å². The highest BCUT2D eigenvalue weighted by Gasteiger charge is 2.13. The number of hydrogen-bond donors (Lipinski definition) is 3. The second-order valence-electron chi connectivity index (χ2n) is 4.23. The number of halogens is 2. The largest absolute Gasteiger partial charge is 0.324 e. The predicted octanol–water partition coefficient (Wildman–Crippen LogP) is 3.84. The fourth-order valence-corrected chi connectivity index (χ4v) is 2.14. The number of nitrogen functional groups attached to an aromatic ring is 1. The Morgan fingerprint density at radius 2 is 1.75 bits per heavy atom. The van der Waals surface area contributed by atoms with Crippen LogP contribution < -0.4 is 16.6 Å². The van der Waals surface area contributed by atoms with Crippen LogP contribution in [0, 0.1) is 6.92 Å². The number of nitrogens with two attached hydrogens (primary N) is 1. The lowest BCUT2D eigenvalue weighted by Crippen LogP contribution is -2.13. The number of rotatable bonds is 3. The maximum absolute atomic E-state index is 12.1. The van der Waals surface area contributed by atoms with Crippen LogP contribution in [-0.2, 0) is 0 Å². The zero-order valence-corrected chi connectivity index (χ0v) is 12.2. The normalized spacial score (nSPS) is 10.2. The Hall–Kier alpha value is -1.75. The Labute approximate surface area is 126 Å². The number of hydrogen-bond acceptors (Lipinski definition) is 3. The molecule has 0 aliphatic carbocycles. The summed E-state index contributed by atoms with van der Waals surface area (Å²) >= 11 is 12.2. The first kappa shape index (κ1) is 14.7. The Morgan fingerprint density at radius 1 is 1.10 bits per heavy atom. The van der Waals surface area contributed by atoms with Crippen LogP contribution in [0.4, 0.5) is 11.4 Å². The summed E-state index contributed by atoms with van der Waals surface area (Å²) in [6.45, 7) is 1.84. The van der Waals surface area contributed by atoms with Gasteiger partial charge in [-0.1, -0.05) is 29.3 Å². The van der Waals surface area contributed by atoms with Crippen molar-refractivity contribution in [2.45, 2.75) is 6.92 Å². The highest BCUT2D eigenvalue weighted by Crippen LogP contribution is 2.33. The summed E-state index contributed by atoms with van der Waals surface area (Å²) in [5, 5.41) is 3.55.